The first kappa shape index (κ1) is 18.7. The van der Waals surface area contributed by atoms with Gasteiger partial charge in [-0.3, -0.25) is 4.79 Å². The molecule has 2 aromatic heterocycles. The summed E-state index contributed by atoms with van der Waals surface area (Å²) in [5.74, 6) is 1.67. The number of nitrogens with zero attached hydrogens (tertiary/aromatic N) is 2. The molecule has 3 rings (SSSR count). The van der Waals surface area contributed by atoms with Crippen molar-refractivity contribution in [1.82, 2.24) is 9.78 Å². The molecular weight excluding hydrogens is 346 g/mol. The van der Waals surface area contributed by atoms with Crippen molar-refractivity contribution in [1.29, 1.82) is 0 Å². The number of rotatable bonds is 8. The van der Waals surface area contributed by atoms with Gasteiger partial charge in [-0.05, 0) is 35.7 Å². The zero-order valence-electron chi connectivity index (χ0n) is 15.6. The maximum atomic E-state index is 12.3. The lowest BCUT2D eigenvalue weighted by Crippen LogP contribution is -2.10. The van der Waals surface area contributed by atoms with Crippen LogP contribution in [0.3, 0.4) is 0 Å². The largest absolute Gasteiger partial charge is 0.486 e. The number of furan rings is 1. The molecule has 1 amide bonds. The first-order valence-corrected chi connectivity index (χ1v) is 8.69. The Bertz CT molecular complexity index is 881. The Morgan fingerprint density at radius 1 is 1.22 bits per heavy atom. The molecule has 0 atom stereocenters. The van der Waals surface area contributed by atoms with Crippen LogP contribution in [-0.2, 0) is 18.1 Å². The summed E-state index contributed by atoms with van der Waals surface area (Å²) in [5, 5.41) is 6.79. The lowest BCUT2D eigenvalue weighted by Gasteiger charge is -2.08. The van der Waals surface area contributed by atoms with Crippen molar-refractivity contribution in [2.45, 2.75) is 33.1 Å². The number of anilines is 1. The number of nitrogens with one attached hydrogen (secondary N) is 1. The van der Waals surface area contributed by atoms with Gasteiger partial charge >= 0.3 is 0 Å². The lowest BCUT2D eigenvalue weighted by molar-refractivity contribution is 0.0992. The Labute approximate surface area is 157 Å². The molecule has 1 N–H and O–H groups in total. The van der Waals surface area contributed by atoms with E-state index in [2.05, 4.69) is 24.3 Å². The third kappa shape index (κ3) is 4.98. The summed E-state index contributed by atoms with van der Waals surface area (Å²) in [5.41, 5.74) is 1.82. The van der Waals surface area contributed by atoms with Gasteiger partial charge in [0.05, 0.1) is 18.1 Å². The lowest BCUT2D eigenvalue weighted by atomic mass is 10.0. The van der Waals surface area contributed by atoms with Gasteiger partial charge in [0.15, 0.2) is 5.76 Å². The van der Waals surface area contributed by atoms with Crippen molar-refractivity contribution in [2.75, 3.05) is 12.4 Å². The number of carbonyl (C=O) groups is 1. The predicted octanol–water partition coefficient (Wildman–Crippen LogP) is 4.03. The summed E-state index contributed by atoms with van der Waals surface area (Å²) in [7, 11) is 1.57. The molecule has 0 saturated carbocycles. The quantitative estimate of drug-likeness (QED) is 0.648. The molecule has 0 aliphatic carbocycles. The van der Waals surface area contributed by atoms with E-state index in [9.17, 15) is 4.79 Å². The minimum atomic E-state index is -0.348. The topological polar surface area (TPSA) is 78.5 Å². The number of methoxy groups -OCH3 is 1. The Balaban J connectivity index is 1.54. The molecular formula is C20H23N3O4. The molecule has 0 unspecified atom stereocenters. The van der Waals surface area contributed by atoms with Gasteiger partial charge in [-0.25, -0.2) is 4.68 Å². The number of hydrogen-bond acceptors (Lipinski definition) is 5. The van der Waals surface area contributed by atoms with E-state index in [1.54, 1.807) is 36.3 Å². The molecule has 0 radical (unpaired) electrons. The molecule has 2 heterocycles. The van der Waals surface area contributed by atoms with E-state index in [0.717, 1.165) is 5.75 Å². The SMILES string of the molecule is COCn1cc(NC(=O)c2ccc(COc3ccc(C(C)C)cc3)o2)cn1. The second kappa shape index (κ2) is 8.55. The Kier molecular flexibility index (Phi) is 5.93. The first-order valence-electron chi connectivity index (χ1n) is 8.69. The first-order chi connectivity index (χ1) is 13.0. The highest BCUT2D eigenvalue weighted by Crippen LogP contribution is 2.20. The minimum Gasteiger partial charge on any atom is -0.486 e. The van der Waals surface area contributed by atoms with Gasteiger partial charge in [-0.1, -0.05) is 26.0 Å². The zero-order chi connectivity index (χ0) is 19.2. The minimum absolute atomic E-state index is 0.211. The third-order valence-electron chi connectivity index (χ3n) is 3.97. The Morgan fingerprint density at radius 3 is 2.70 bits per heavy atom. The van der Waals surface area contributed by atoms with Crippen LogP contribution < -0.4 is 10.1 Å². The van der Waals surface area contributed by atoms with Gasteiger partial charge in [0, 0.05) is 7.11 Å². The van der Waals surface area contributed by atoms with Crippen molar-refractivity contribution in [3.63, 3.8) is 0 Å². The van der Waals surface area contributed by atoms with Gasteiger partial charge in [-0.15, -0.1) is 0 Å². The van der Waals surface area contributed by atoms with Gasteiger partial charge in [0.2, 0.25) is 0 Å². The smallest absolute Gasteiger partial charge is 0.291 e. The standard InChI is InChI=1S/C20H23N3O4/c1-14(2)15-4-6-17(7-5-15)26-12-18-8-9-19(27-18)20(24)22-16-10-21-23(11-16)13-25-3/h4-11,14H,12-13H2,1-3H3,(H,22,24). The van der Waals surface area contributed by atoms with Crippen LogP contribution in [0, 0.1) is 0 Å². The van der Waals surface area contributed by atoms with Crippen LogP contribution in [0.4, 0.5) is 5.69 Å². The van der Waals surface area contributed by atoms with E-state index in [1.165, 1.54) is 5.56 Å². The number of hydrogen-bond donors (Lipinski definition) is 1. The molecule has 7 nitrogen and oxygen atoms in total. The number of aromatic nitrogens is 2. The highest BCUT2D eigenvalue weighted by Gasteiger charge is 2.13. The van der Waals surface area contributed by atoms with Gasteiger partial charge < -0.3 is 19.2 Å². The third-order valence-corrected chi connectivity index (χ3v) is 3.97. The molecule has 7 heteroatoms. The number of carbonyl (C=O) groups excluding carboxylic acids is 1. The van der Waals surface area contributed by atoms with E-state index in [4.69, 9.17) is 13.9 Å². The predicted molar refractivity (Wildman–Crippen MR) is 101 cm³/mol. The van der Waals surface area contributed by atoms with Crippen LogP contribution in [-0.4, -0.2) is 22.8 Å². The molecule has 142 valence electrons. The fraction of sp³-hybridized carbons (Fsp3) is 0.300. The van der Waals surface area contributed by atoms with Crippen LogP contribution in [0.2, 0.25) is 0 Å². The van der Waals surface area contributed by atoms with E-state index in [-0.39, 0.29) is 18.3 Å². The van der Waals surface area contributed by atoms with Gasteiger partial charge in [-0.2, -0.15) is 5.10 Å². The van der Waals surface area contributed by atoms with E-state index in [1.807, 2.05) is 24.3 Å². The molecule has 0 fully saturated rings. The number of ether oxygens (including phenoxy) is 2. The molecule has 3 aromatic rings. The molecule has 0 spiro atoms. The van der Waals surface area contributed by atoms with Crippen molar-refractivity contribution >= 4 is 11.6 Å². The fourth-order valence-electron chi connectivity index (χ4n) is 2.50. The summed E-state index contributed by atoms with van der Waals surface area (Å²) in [6.45, 7) is 4.86. The van der Waals surface area contributed by atoms with Crippen LogP contribution in [0.5, 0.6) is 5.75 Å². The maximum Gasteiger partial charge on any atom is 0.291 e. The van der Waals surface area contributed by atoms with Crippen LogP contribution >= 0.6 is 0 Å². The second-order valence-corrected chi connectivity index (χ2v) is 6.42. The average Bonchev–Trinajstić information content (AvgIpc) is 3.30. The molecule has 0 saturated heterocycles. The highest BCUT2D eigenvalue weighted by atomic mass is 16.5. The fourth-order valence-corrected chi connectivity index (χ4v) is 2.50. The Hall–Kier alpha value is -3.06. The maximum absolute atomic E-state index is 12.3. The molecule has 1 aromatic carbocycles. The number of benzene rings is 1. The van der Waals surface area contributed by atoms with Crippen LogP contribution in [0.25, 0.3) is 0 Å². The number of amides is 1. The van der Waals surface area contributed by atoms with Crippen molar-refractivity contribution in [3.05, 3.63) is 65.9 Å². The normalized spacial score (nSPS) is 11.0. The highest BCUT2D eigenvalue weighted by molar-refractivity contribution is 6.02. The molecule has 0 aliphatic rings. The summed E-state index contributed by atoms with van der Waals surface area (Å²) in [4.78, 5) is 12.3. The molecule has 0 bridgehead atoms. The van der Waals surface area contributed by atoms with Crippen LogP contribution in [0.1, 0.15) is 41.6 Å². The zero-order valence-corrected chi connectivity index (χ0v) is 15.6. The van der Waals surface area contributed by atoms with Gasteiger partial charge in [0.1, 0.15) is 24.8 Å². The average molecular weight is 369 g/mol. The Morgan fingerprint density at radius 2 is 2.00 bits per heavy atom. The summed E-state index contributed by atoms with van der Waals surface area (Å²) in [6, 6.07) is 11.3. The van der Waals surface area contributed by atoms with E-state index < -0.39 is 0 Å². The van der Waals surface area contributed by atoms with E-state index >= 15 is 0 Å². The van der Waals surface area contributed by atoms with Crippen molar-refractivity contribution in [3.8, 4) is 5.75 Å². The van der Waals surface area contributed by atoms with Crippen molar-refractivity contribution in [2.24, 2.45) is 0 Å². The van der Waals surface area contributed by atoms with Gasteiger partial charge in [0.25, 0.3) is 5.91 Å². The second-order valence-electron chi connectivity index (χ2n) is 6.42. The summed E-state index contributed by atoms with van der Waals surface area (Å²) >= 11 is 0. The van der Waals surface area contributed by atoms with E-state index in [0.29, 0.717) is 24.1 Å². The monoisotopic (exact) mass is 369 g/mol. The van der Waals surface area contributed by atoms with Crippen molar-refractivity contribution < 1.29 is 18.7 Å². The summed E-state index contributed by atoms with van der Waals surface area (Å²) in [6.07, 6.45) is 3.22. The van der Waals surface area contributed by atoms with Crippen LogP contribution in [0.15, 0.2) is 53.2 Å². The summed E-state index contributed by atoms with van der Waals surface area (Å²) < 4.78 is 17.8. The molecule has 27 heavy (non-hydrogen) atoms. The molecule has 0 aliphatic heterocycles.